The predicted octanol–water partition coefficient (Wildman–Crippen LogP) is 2.12. The number of ether oxygens (including phenoxy) is 1. The molecule has 0 radical (unpaired) electrons. The number of rotatable bonds is 4. The van der Waals surface area contributed by atoms with E-state index in [0.29, 0.717) is 18.3 Å². The van der Waals surface area contributed by atoms with E-state index in [1.54, 1.807) is 0 Å². The highest BCUT2D eigenvalue weighted by molar-refractivity contribution is 5.54. The van der Waals surface area contributed by atoms with Crippen LogP contribution in [0.1, 0.15) is 25.2 Å². The first kappa shape index (κ1) is 16.6. The number of benzene rings is 1. The van der Waals surface area contributed by atoms with Gasteiger partial charge >= 0.3 is 0 Å². The van der Waals surface area contributed by atoms with Gasteiger partial charge in [-0.2, -0.15) is 15.0 Å². The molecule has 1 aliphatic heterocycles. The average Bonchev–Trinajstić information content (AvgIpc) is 2.48. The van der Waals surface area contributed by atoms with E-state index in [4.69, 9.17) is 10.5 Å². The average molecular weight is 328 g/mol. The Hall–Kier alpha value is -2.25. The number of morpholine rings is 1. The van der Waals surface area contributed by atoms with E-state index < -0.39 is 0 Å². The van der Waals surface area contributed by atoms with Crippen LogP contribution in [0.5, 0.6) is 0 Å². The Morgan fingerprint density at radius 2 is 1.79 bits per heavy atom. The molecule has 1 aromatic carbocycles. The fraction of sp³-hybridized carbons (Fsp3) is 0.471. The Labute approximate surface area is 142 Å². The second-order valence-electron chi connectivity index (χ2n) is 6.38. The first-order valence-corrected chi connectivity index (χ1v) is 8.20. The molecule has 0 spiro atoms. The summed E-state index contributed by atoms with van der Waals surface area (Å²) in [6, 6.07) is 8.04. The van der Waals surface area contributed by atoms with Crippen molar-refractivity contribution in [3.63, 3.8) is 0 Å². The fourth-order valence-corrected chi connectivity index (χ4v) is 2.94. The van der Waals surface area contributed by atoms with Crippen LogP contribution in [0.25, 0.3) is 0 Å². The summed E-state index contributed by atoms with van der Waals surface area (Å²) in [7, 11) is 0. The van der Waals surface area contributed by atoms with Crippen molar-refractivity contribution in [2.24, 2.45) is 0 Å². The number of hydrogen-bond acceptors (Lipinski definition) is 7. The Morgan fingerprint density at radius 1 is 1.12 bits per heavy atom. The van der Waals surface area contributed by atoms with Crippen LogP contribution in [0.4, 0.5) is 17.6 Å². The number of aromatic nitrogens is 3. The van der Waals surface area contributed by atoms with E-state index in [2.05, 4.69) is 39.0 Å². The molecule has 2 aromatic rings. The summed E-state index contributed by atoms with van der Waals surface area (Å²) in [5.41, 5.74) is 7.97. The fourth-order valence-electron chi connectivity index (χ4n) is 2.94. The molecule has 2 heterocycles. The van der Waals surface area contributed by atoms with Crippen LogP contribution < -0.4 is 11.1 Å². The molecule has 1 saturated heterocycles. The summed E-state index contributed by atoms with van der Waals surface area (Å²) in [4.78, 5) is 15.2. The molecule has 1 aromatic heterocycles. The van der Waals surface area contributed by atoms with E-state index in [-0.39, 0.29) is 18.2 Å². The van der Waals surface area contributed by atoms with Gasteiger partial charge in [-0.15, -0.1) is 0 Å². The van der Waals surface area contributed by atoms with Crippen LogP contribution in [0.3, 0.4) is 0 Å². The summed E-state index contributed by atoms with van der Waals surface area (Å²) in [6.45, 7) is 8.55. The first-order chi connectivity index (χ1) is 11.5. The Morgan fingerprint density at radius 3 is 2.46 bits per heavy atom. The molecular weight excluding hydrogens is 304 g/mol. The van der Waals surface area contributed by atoms with E-state index in [0.717, 1.165) is 18.8 Å². The number of nitrogen functional groups attached to an aromatic ring is 1. The van der Waals surface area contributed by atoms with Gasteiger partial charge in [-0.1, -0.05) is 17.7 Å². The standard InChI is InChI=1S/C17H24N6O/c1-11-4-6-14(7-5-11)19-17-21-15(20-16(18)22-17)10-23-8-12(2)24-13(3)9-23/h4-7,12-13H,8-10H2,1-3H3,(H3,18,19,20,21,22)/t12-,13+. The highest BCUT2D eigenvalue weighted by Gasteiger charge is 2.23. The normalized spacial score (nSPS) is 21.6. The Balaban J connectivity index is 1.72. The van der Waals surface area contributed by atoms with Gasteiger partial charge in [0.2, 0.25) is 11.9 Å². The maximum Gasteiger partial charge on any atom is 0.232 e. The van der Waals surface area contributed by atoms with Crippen LogP contribution in [-0.2, 0) is 11.3 Å². The molecule has 1 fully saturated rings. The van der Waals surface area contributed by atoms with E-state index in [9.17, 15) is 0 Å². The van der Waals surface area contributed by atoms with Crippen LogP contribution in [0.15, 0.2) is 24.3 Å². The molecule has 0 aliphatic carbocycles. The Bertz CT molecular complexity index is 680. The summed E-state index contributed by atoms with van der Waals surface area (Å²) in [6.07, 6.45) is 0.413. The number of nitrogens with one attached hydrogen (secondary N) is 1. The lowest BCUT2D eigenvalue weighted by molar-refractivity contribution is -0.0710. The van der Waals surface area contributed by atoms with E-state index in [1.165, 1.54) is 5.56 Å². The molecule has 0 saturated carbocycles. The van der Waals surface area contributed by atoms with Crippen molar-refractivity contribution in [2.75, 3.05) is 24.1 Å². The molecular formula is C17H24N6O. The summed E-state index contributed by atoms with van der Waals surface area (Å²) in [5.74, 6) is 1.36. The zero-order chi connectivity index (χ0) is 17.1. The largest absolute Gasteiger partial charge is 0.373 e. The van der Waals surface area contributed by atoms with Crippen molar-refractivity contribution in [3.05, 3.63) is 35.7 Å². The van der Waals surface area contributed by atoms with Crippen LogP contribution in [0, 0.1) is 6.92 Å². The highest BCUT2D eigenvalue weighted by Crippen LogP contribution is 2.16. The summed E-state index contributed by atoms with van der Waals surface area (Å²) in [5, 5.41) is 3.18. The zero-order valence-electron chi connectivity index (χ0n) is 14.4. The second kappa shape index (κ2) is 7.11. The maximum atomic E-state index is 5.85. The van der Waals surface area contributed by atoms with E-state index in [1.807, 2.05) is 31.2 Å². The smallest absolute Gasteiger partial charge is 0.232 e. The molecule has 3 rings (SSSR count). The van der Waals surface area contributed by atoms with Gasteiger partial charge in [0.05, 0.1) is 18.8 Å². The highest BCUT2D eigenvalue weighted by atomic mass is 16.5. The lowest BCUT2D eigenvalue weighted by Gasteiger charge is -2.34. The lowest BCUT2D eigenvalue weighted by Crippen LogP contribution is -2.45. The third-order valence-electron chi connectivity index (χ3n) is 3.87. The third-order valence-corrected chi connectivity index (χ3v) is 3.87. The summed E-state index contributed by atoms with van der Waals surface area (Å²) >= 11 is 0. The van der Waals surface area contributed by atoms with Gasteiger partial charge in [0, 0.05) is 18.8 Å². The molecule has 128 valence electrons. The predicted molar refractivity (Wildman–Crippen MR) is 94.0 cm³/mol. The van der Waals surface area contributed by atoms with Crippen LogP contribution >= 0.6 is 0 Å². The minimum absolute atomic E-state index is 0.207. The monoisotopic (exact) mass is 328 g/mol. The zero-order valence-corrected chi connectivity index (χ0v) is 14.4. The van der Waals surface area contributed by atoms with Gasteiger partial charge < -0.3 is 15.8 Å². The third kappa shape index (κ3) is 4.39. The molecule has 1 aliphatic rings. The van der Waals surface area contributed by atoms with Crippen LogP contribution in [-0.4, -0.2) is 45.1 Å². The molecule has 7 heteroatoms. The summed E-state index contributed by atoms with van der Waals surface area (Å²) < 4.78 is 5.76. The van der Waals surface area contributed by atoms with Crippen molar-refractivity contribution in [3.8, 4) is 0 Å². The Kier molecular flexibility index (Phi) is 4.92. The van der Waals surface area contributed by atoms with Crippen molar-refractivity contribution in [1.29, 1.82) is 0 Å². The van der Waals surface area contributed by atoms with Crippen molar-refractivity contribution in [2.45, 2.75) is 39.5 Å². The van der Waals surface area contributed by atoms with Gasteiger partial charge in [-0.25, -0.2) is 0 Å². The topological polar surface area (TPSA) is 89.2 Å². The van der Waals surface area contributed by atoms with Gasteiger partial charge in [0.25, 0.3) is 0 Å². The molecule has 3 N–H and O–H groups in total. The molecule has 7 nitrogen and oxygen atoms in total. The number of nitrogens with zero attached hydrogens (tertiary/aromatic N) is 4. The first-order valence-electron chi connectivity index (χ1n) is 8.20. The molecule has 24 heavy (non-hydrogen) atoms. The molecule has 0 bridgehead atoms. The van der Waals surface area contributed by atoms with Crippen LogP contribution in [0.2, 0.25) is 0 Å². The minimum atomic E-state index is 0.207. The number of hydrogen-bond donors (Lipinski definition) is 2. The SMILES string of the molecule is Cc1ccc(Nc2nc(N)nc(CN3C[C@@H](C)O[C@@H](C)C3)n2)cc1. The maximum absolute atomic E-state index is 5.85. The molecule has 0 unspecified atom stereocenters. The van der Waals surface area contributed by atoms with Crippen molar-refractivity contribution < 1.29 is 4.74 Å². The molecule has 2 atom stereocenters. The molecule has 0 amide bonds. The van der Waals surface area contributed by atoms with Gasteiger partial charge in [-0.05, 0) is 32.9 Å². The quantitative estimate of drug-likeness (QED) is 0.888. The van der Waals surface area contributed by atoms with Gasteiger partial charge in [0.1, 0.15) is 5.82 Å². The van der Waals surface area contributed by atoms with Gasteiger partial charge in [0.15, 0.2) is 0 Å². The number of anilines is 3. The number of aryl methyl sites for hydroxylation is 1. The lowest BCUT2D eigenvalue weighted by atomic mass is 10.2. The van der Waals surface area contributed by atoms with Crippen molar-refractivity contribution in [1.82, 2.24) is 19.9 Å². The van der Waals surface area contributed by atoms with Gasteiger partial charge in [-0.3, -0.25) is 4.90 Å². The minimum Gasteiger partial charge on any atom is -0.373 e. The number of nitrogens with two attached hydrogens (primary N) is 1. The second-order valence-corrected chi connectivity index (χ2v) is 6.38. The van der Waals surface area contributed by atoms with E-state index >= 15 is 0 Å². The van der Waals surface area contributed by atoms with Crippen molar-refractivity contribution >= 4 is 17.6 Å².